The van der Waals surface area contributed by atoms with Gasteiger partial charge in [-0.15, -0.1) is 0 Å². The van der Waals surface area contributed by atoms with Crippen molar-refractivity contribution in [2.24, 2.45) is 0 Å². The second-order valence-corrected chi connectivity index (χ2v) is 5.77. The third-order valence-corrected chi connectivity index (χ3v) is 4.17. The van der Waals surface area contributed by atoms with E-state index in [4.69, 9.17) is 0 Å². The zero-order valence-corrected chi connectivity index (χ0v) is 13.1. The Kier molecular flexibility index (Phi) is 4.75. The number of hydrogen-bond donors (Lipinski definition) is 1. The van der Waals surface area contributed by atoms with Crippen molar-refractivity contribution in [1.29, 1.82) is 0 Å². The van der Waals surface area contributed by atoms with Gasteiger partial charge in [-0.25, -0.2) is 0 Å². The molecule has 0 bridgehead atoms. The number of para-hydroxylation sites is 1. The van der Waals surface area contributed by atoms with E-state index in [0.717, 1.165) is 0 Å². The van der Waals surface area contributed by atoms with E-state index in [1.807, 2.05) is 0 Å². The highest BCUT2D eigenvalue weighted by Crippen LogP contribution is 2.38. The molecule has 22 heavy (non-hydrogen) atoms. The van der Waals surface area contributed by atoms with Gasteiger partial charge >= 0.3 is 0 Å². The van der Waals surface area contributed by atoms with Gasteiger partial charge in [0.2, 0.25) is 0 Å². The third-order valence-electron chi connectivity index (χ3n) is 4.17. The molecule has 0 aromatic heterocycles. The molecule has 0 radical (unpaired) electrons. The van der Waals surface area contributed by atoms with Crippen LogP contribution in [0.1, 0.15) is 37.8 Å². The fourth-order valence-electron chi connectivity index (χ4n) is 2.89. The highest BCUT2D eigenvalue weighted by molar-refractivity contribution is 5.82. The second-order valence-electron chi connectivity index (χ2n) is 5.77. The van der Waals surface area contributed by atoms with Crippen LogP contribution in [-0.2, 0) is 0 Å². The van der Waals surface area contributed by atoms with Crippen molar-refractivity contribution in [3.63, 3.8) is 0 Å². The lowest BCUT2D eigenvalue weighted by Crippen LogP contribution is -2.22. The summed E-state index contributed by atoms with van der Waals surface area (Å²) in [5, 5.41) is 6.08. The highest BCUT2D eigenvalue weighted by Gasteiger charge is 2.22. The van der Waals surface area contributed by atoms with Crippen LogP contribution in [-0.4, -0.2) is 0 Å². The number of nitrogens with one attached hydrogen (secondary N) is 1. The highest BCUT2D eigenvalue weighted by atomic mass is 15.0. The lowest BCUT2D eigenvalue weighted by molar-refractivity contribution is 0.608. The summed E-state index contributed by atoms with van der Waals surface area (Å²) in [5.41, 5.74) is 2.84. The number of unbranched alkanes of at least 4 members (excludes halogenated alkanes) is 1. The second kappa shape index (κ2) is 7.13. The summed E-state index contributed by atoms with van der Waals surface area (Å²) in [6.45, 7) is 2.24. The molecule has 3 aromatic rings. The number of rotatable bonds is 3. The Labute approximate surface area is 133 Å². The zero-order valence-electron chi connectivity index (χ0n) is 13.1. The fraction of sp³-hybridized carbons (Fsp3) is 0.238. The average Bonchev–Trinajstić information content (AvgIpc) is 2.57. The van der Waals surface area contributed by atoms with Gasteiger partial charge in [0.15, 0.2) is 0 Å². The van der Waals surface area contributed by atoms with Crippen molar-refractivity contribution in [3.8, 4) is 0 Å². The maximum absolute atomic E-state index is 3.46. The van der Waals surface area contributed by atoms with Gasteiger partial charge in [-0.1, -0.05) is 86.5 Å². The van der Waals surface area contributed by atoms with Crippen LogP contribution in [0.4, 0.5) is 5.69 Å². The molecule has 0 spiro atoms. The molecule has 0 aliphatic carbocycles. The predicted octanol–water partition coefficient (Wildman–Crippen LogP) is 6.18. The summed E-state index contributed by atoms with van der Waals surface area (Å²) >= 11 is 0. The van der Waals surface area contributed by atoms with Crippen LogP contribution in [0.5, 0.6) is 0 Å². The first-order valence-electron chi connectivity index (χ1n) is 8.17. The Morgan fingerprint density at radius 3 is 1.86 bits per heavy atom. The lowest BCUT2D eigenvalue weighted by atomic mass is 9.92. The smallest absolute Gasteiger partial charge is 0.0534 e. The van der Waals surface area contributed by atoms with Crippen LogP contribution in [0.3, 0.4) is 0 Å². The zero-order chi connectivity index (χ0) is 15.2. The van der Waals surface area contributed by atoms with Crippen molar-refractivity contribution in [1.82, 2.24) is 0 Å². The van der Waals surface area contributed by atoms with E-state index < -0.39 is 0 Å². The molecule has 1 nitrogen and oxygen atoms in total. The minimum atomic E-state index is 0.640. The minimum absolute atomic E-state index is 0.640. The van der Waals surface area contributed by atoms with Crippen LogP contribution < -0.4 is 5.32 Å². The van der Waals surface area contributed by atoms with E-state index in [1.165, 1.54) is 41.3 Å². The number of fused-ring (bicyclic) bond motifs is 2. The molecule has 1 aliphatic rings. The molecule has 1 atom stereocenters. The summed E-state index contributed by atoms with van der Waals surface area (Å²) < 4.78 is 0. The first-order chi connectivity index (χ1) is 10.9. The van der Waals surface area contributed by atoms with Gasteiger partial charge in [-0.2, -0.15) is 0 Å². The molecule has 1 N–H and O–H groups in total. The molecule has 1 unspecified atom stereocenters. The van der Waals surface area contributed by atoms with E-state index >= 15 is 0 Å². The Morgan fingerprint density at radius 2 is 1.32 bits per heavy atom. The maximum Gasteiger partial charge on any atom is 0.0534 e. The SMILES string of the molecule is CCCCC1Nc2ccccc21.c1ccc2ccccc2c1. The molecular weight excluding hydrogens is 266 g/mol. The van der Waals surface area contributed by atoms with E-state index in [2.05, 4.69) is 85.0 Å². The number of benzene rings is 3. The van der Waals surface area contributed by atoms with Gasteiger partial charge in [-0.05, 0) is 28.8 Å². The number of hydrogen-bond acceptors (Lipinski definition) is 1. The van der Waals surface area contributed by atoms with Gasteiger partial charge < -0.3 is 5.32 Å². The summed E-state index contributed by atoms with van der Waals surface area (Å²) in [4.78, 5) is 0. The van der Waals surface area contributed by atoms with Crippen LogP contribution in [0.15, 0.2) is 72.8 Å². The standard InChI is InChI=1S/C11H15N.C10H8/c1-2-3-7-10-9-6-4-5-8-11(9)12-10;1-2-6-10-8-4-3-7-9(10)5-1/h4-6,8,10,12H,2-3,7H2,1H3;1-8H. The van der Waals surface area contributed by atoms with E-state index in [9.17, 15) is 0 Å². The summed E-state index contributed by atoms with van der Waals surface area (Å²) in [7, 11) is 0. The Hall–Kier alpha value is -2.28. The summed E-state index contributed by atoms with van der Waals surface area (Å²) in [6, 6.07) is 25.9. The summed E-state index contributed by atoms with van der Waals surface area (Å²) in [5.74, 6) is 0. The largest absolute Gasteiger partial charge is 0.378 e. The van der Waals surface area contributed by atoms with Crippen LogP contribution in [0, 0.1) is 0 Å². The molecule has 1 aliphatic heterocycles. The first kappa shape index (κ1) is 14.6. The van der Waals surface area contributed by atoms with E-state index in [-0.39, 0.29) is 0 Å². The van der Waals surface area contributed by atoms with Crippen molar-refractivity contribution in [3.05, 3.63) is 78.4 Å². The molecule has 0 amide bonds. The van der Waals surface area contributed by atoms with Crippen molar-refractivity contribution in [2.45, 2.75) is 32.2 Å². The van der Waals surface area contributed by atoms with Gasteiger partial charge in [0.05, 0.1) is 6.04 Å². The molecule has 4 rings (SSSR count). The van der Waals surface area contributed by atoms with Gasteiger partial charge in [-0.3, -0.25) is 0 Å². The van der Waals surface area contributed by atoms with Gasteiger partial charge in [0, 0.05) is 5.69 Å². The molecule has 112 valence electrons. The lowest BCUT2D eigenvalue weighted by Gasteiger charge is -2.32. The van der Waals surface area contributed by atoms with Crippen LogP contribution in [0.25, 0.3) is 10.8 Å². The molecule has 1 heteroatoms. The third kappa shape index (κ3) is 3.30. The molecule has 0 saturated carbocycles. The van der Waals surface area contributed by atoms with Crippen molar-refractivity contribution >= 4 is 16.5 Å². The predicted molar refractivity (Wildman–Crippen MR) is 96.3 cm³/mol. The van der Waals surface area contributed by atoms with E-state index in [0.29, 0.717) is 6.04 Å². The molecule has 1 heterocycles. The average molecular weight is 289 g/mol. The van der Waals surface area contributed by atoms with Gasteiger partial charge in [0.1, 0.15) is 0 Å². The normalized spacial score (nSPS) is 15.0. The fourth-order valence-corrected chi connectivity index (χ4v) is 2.89. The monoisotopic (exact) mass is 289 g/mol. The molecular formula is C21H23N. The Balaban J connectivity index is 0.000000133. The molecule has 0 saturated heterocycles. The molecule has 0 fully saturated rings. The molecule has 3 aromatic carbocycles. The van der Waals surface area contributed by atoms with Gasteiger partial charge in [0.25, 0.3) is 0 Å². The van der Waals surface area contributed by atoms with Crippen molar-refractivity contribution in [2.75, 3.05) is 5.32 Å². The Morgan fingerprint density at radius 1 is 0.773 bits per heavy atom. The van der Waals surface area contributed by atoms with Crippen LogP contribution in [0.2, 0.25) is 0 Å². The Bertz CT molecular complexity index is 667. The topological polar surface area (TPSA) is 12.0 Å². The number of anilines is 1. The summed E-state index contributed by atoms with van der Waals surface area (Å²) in [6.07, 6.45) is 3.90. The minimum Gasteiger partial charge on any atom is -0.378 e. The quantitative estimate of drug-likeness (QED) is 0.606. The maximum atomic E-state index is 3.46. The first-order valence-corrected chi connectivity index (χ1v) is 8.17. The van der Waals surface area contributed by atoms with Crippen LogP contribution >= 0.6 is 0 Å². The van der Waals surface area contributed by atoms with E-state index in [1.54, 1.807) is 0 Å². The van der Waals surface area contributed by atoms with Crippen molar-refractivity contribution < 1.29 is 0 Å².